The first-order valence-electron chi connectivity index (χ1n) is 22.9. The van der Waals surface area contributed by atoms with E-state index in [0.29, 0.717) is 0 Å². The van der Waals surface area contributed by atoms with E-state index in [2.05, 4.69) is 216 Å². The summed E-state index contributed by atoms with van der Waals surface area (Å²) in [6.07, 6.45) is 0. The average Bonchev–Trinajstić information content (AvgIpc) is 2.94. The highest BCUT2D eigenvalue weighted by Gasteiger charge is 2.54. The van der Waals surface area contributed by atoms with Crippen molar-refractivity contribution in [2.75, 3.05) is 0 Å². The lowest BCUT2D eigenvalue weighted by Crippen LogP contribution is -2.86. The van der Waals surface area contributed by atoms with Gasteiger partial charge in [-0.25, -0.2) is 0 Å². The summed E-state index contributed by atoms with van der Waals surface area (Å²) in [5.41, 5.74) is 4.49. The molecule has 3 aromatic rings. The van der Waals surface area contributed by atoms with Crippen molar-refractivity contribution in [2.45, 2.75) is 198 Å². The van der Waals surface area contributed by atoms with Crippen LogP contribution in [-0.4, -0.2) is 80.0 Å². The molecule has 332 valence electrons. The molecule has 0 radical (unpaired) electrons. The lowest BCUT2D eigenvalue weighted by molar-refractivity contribution is 1.49. The van der Waals surface area contributed by atoms with Crippen molar-refractivity contribution in [3.8, 4) is 0 Å². The molecule has 11 heteroatoms. The number of hydrogen-bond acceptors (Lipinski definition) is 0. The predicted molar refractivity (Wildman–Crippen MR) is 311 cm³/mol. The fourth-order valence-corrected chi connectivity index (χ4v) is 52.1. The normalized spacial score (nSPS) is 14.7. The molecule has 0 aliphatic heterocycles. The van der Waals surface area contributed by atoms with Crippen molar-refractivity contribution in [1.82, 2.24) is 0 Å². The zero-order chi connectivity index (χ0) is 46.8. The molecule has 0 heterocycles. The summed E-state index contributed by atoms with van der Waals surface area (Å²) in [5.74, 6) is 0. The van der Waals surface area contributed by atoms with Crippen LogP contribution in [0, 0.1) is 20.8 Å². The molecule has 0 saturated carbocycles. The molecule has 0 aliphatic carbocycles. The molecule has 0 aromatic heterocycles. The van der Waals surface area contributed by atoms with Crippen molar-refractivity contribution in [2.24, 2.45) is 0 Å². The molecule has 59 heavy (non-hydrogen) atoms. The molecular weight excluding hydrogens is 893 g/mol. The average molecular weight is 987 g/mol. The van der Waals surface area contributed by atoms with Crippen molar-refractivity contribution < 1.29 is 0 Å². The molecule has 0 aliphatic rings. The Morgan fingerprint density at radius 2 is 0.390 bits per heavy atom. The molecule has 0 amide bonds. The van der Waals surface area contributed by atoms with Crippen molar-refractivity contribution >= 4 is 153 Å². The molecule has 0 N–H and O–H groups in total. The SMILES string of the molecule is Cc1cc([Si](C)(C)C)c([Si](C)(C)C)c([Si](C)(C)C)c1[Si](Cl)(c1c(C)cc([Si](C)(C)C)c([Si](C)(C)C)c1[Si](C)(C)C)c1c(C)cc([Si](C)(C)C)c([Si](C)(C)C)c1[Si](C)(C)C. The van der Waals surface area contributed by atoms with Gasteiger partial charge in [0.15, 0.2) is 0 Å². The van der Waals surface area contributed by atoms with Crippen LogP contribution < -0.4 is 62.2 Å². The Bertz CT molecular complexity index is 1860. The van der Waals surface area contributed by atoms with Crippen LogP contribution in [0.15, 0.2) is 18.2 Å². The smallest absolute Gasteiger partial charge is 0.149 e. The minimum atomic E-state index is -3.36. The third kappa shape index (κ3) is 10.5. The largest absolute Gasteiger partial charge is 0.248 e. The van der Waals surface area contributed by atoms with Gasteiger partial charge in [0.2, 0.25) is 7.38 Å². The molecule has 0 saturated heterocycles. The highest BCUT2D eigenvalue weighted by atomic mass is 35.6. The summed E-state index contributed by atoms with van der Waals surface area (Å²) in [5, 5.41) is 20.8. The highest BCUT2D eigenvalue weighted by molar-refractivity contribution is 7.44. The number of benzene rings is 3. The van der Waals surface area contributed by atoms with Crippen molar-refractivity contribution in [1.29, 1.82) is 0 Å². The van der Waals surface area contributed by atoms with Crippen LogP contribution in [0.4, 0.5) is 0 Å². The first-order valence-corrected chi connectivity index (χ1v) is 57.4. The third-order valence-corrected chi connectivity index (χ3v) is 38.6. The second-order valence-corrected chi connectivity index (χ2v) is 77.6. The zero-order valence-electron chi connectivity index (χ0n) is 44.6. The summed E-state index contributed by atoms with van der Waals surface area (Å²) in [7, 11) is -20.3. The summed E-state index contributed by atoms with van der Waals surface area (Å²) in [4.78, 5) is 0. The van der Waals surface area contributed by atoms with Crippen LogP contribution in [0.5, 0.6) is 0 Å². The van der Waals surface area contributed by atoms with Gasteiger partial charge in [0.25, 0.3) is 0 Å². The van der Waals surface area contributed by atoms with Gasteiger partial charge in [-0.15, -0.1) is 11.1 Å². The maximum atomic E-state index is 9.82. The number of halogens is 1. The predicted octanol–water partition coefficient (Wildman–Crippen LogP) is 8.72. The van der Waals surface area contributed by atoms with E-state index in [9.17, 15) is 11.1 Å². The van der Waals surface area contributed by atoms with Gasteiger partial charge in [-0.2, -0.15) is 0 Å². The number of rotatable bonds is 12. The molecule has 0 unspecified atom stereocenters. The minimum Gasteiger partial charge on any atom is -0.149 e. The van der Waals surface area contributed by atoms with Crippen LogP contribution >= 0.6 is 11.1 Å². The van der Waals surface area contributed by atoms with E-state index in [4.69, 9.17) is 0 Å². The number of aryl methyl sites for hydroxylation is 3. The van der Waals surface area contributed by atoms with Crippen LogP contribution in [0.2, 0.25) is 177 Å². The summed E-state index contributed by atoms with van der Waals surface area (Å²) < 4.78 is 0. The Hall–Kier alpha value is 0.119. The van der Waals surface area contributed by atoms with Crippen molar-refractivity contribution in [3.05, 3.63) is 34.9 Å². The highest BCUT2D eigenvalue weighted by Crippen LogP contribution is 2.24. The van der Waals surface area contributed by atoms with Gasteiger partial charge in [-0.1, -0.05) is 258 Å². The standard InChI is InChI=1S/C48H93ClSi10/c1-34-31-37(50(4,5)6)43(53(13,14)15)46(56(22,23)24)40(34)59(49,41-35(2)32-38(51(7,8)9)44(54(16,17)18)47(41)57(25,26)27)42-36(3)33-39(52(10,11)12)45(55(19,20)21)48(42)58(28,29)30/h31-33H,1-30H3. The molecule has 0 spiro atoms. The fraction of sp³-hybridized carbons (Fsp3) is 0.625. The summed E-state index contributed by atoms with van der Waals surface area (Å²) >= 11 is 9.82. The van der Waals surface area contributed by atoms with Crippen LogP contribution in [-0.2, 0) is 0 Å². The van der Waals surface area contributed by atoms with Gasteiger partial charge in [0.05, 0.1) is 72.7 Å². The molecule has 3 rings (SSSR count). The first kappa shape index (κ1) is 53.5. The Kier molecular flexibility index (Phi) is 14.7. The fourth-order valence-electron chi connectivity index (χ4n) is 10.5. The quantitative estimate of drug-likeness (QED) is 0.0969. The van der Waals surface area contributed by atoms with E-state index >= 15 is 0 Å². The van der Waals surface area contributed by atoms with Crippen LogP contribution in [0.25, 0.3) is 0 Å². The minimum absolute atomic E-state index is 1.50. The molecule has 3 aromatic carbocycles. The Morgan fingerprint density at radius 3 is 0.508 bits per heavy atom. The molecule has 0 nitrogen and oxygen atoms in total. The Morgan fingerprint density at radius 1 is 0.237 bits per heavy atom. The van der Waals surface area contributed by atoms with Gasteiger partial charge < -0.3 is 0 Å². The van der Waals surface area contributed by atoms with E-state index in [1.807, 2.05) is 0 Å². The Balaban J connectivity index is 3.29. The molecule has 0 bridgehead atoms. The molecule has 0 fully saturated rings. The van der Waals surface area contributed by atoms with E-state index < -0.39 is 80.0 Å². The first-order chi connectivity index (χ1) is 25.6. The van der Waals surface area contributed by atoms with Gasteiger partial charge >= 0.3 is 0 Å². The second kappa shape index (κ2) is 16.2. The van der Waals surface area contributed by atoms with Crippen LogP contribution in [0.1, 0.15) is 16.7 Å². The van der Waals surface area contributed by atoms with Crippen molar-refractivity contribution in [3.63, 3.8) is 0 Å². The van der Waals surface area contributed by atoms with Gasteiger partial charge in [-0.3, -0.25) is 0 Å². The lowest BCUT2D eigenvalue weighted by Gasteiger charge is -2.47. The van der Waals surface area contributed by atoms with Crippen LogP contribution in [0.3, 0.4) is 0 Å². The maximum Gasteiger partial charge on any atom is 0.248 e. The summed E-state index contributed by atoms with van der Waals surface area (Å²) in [6, 6.07) is 8.25. The van der Waals surface area contributed by atoms with Gasteiger partial charge in [-0.05, 0) is 36.3 Å². The zero-order valence-corrected chi connectivity index (χ0v) is 55.4. The van der Waals surface area contributed by atoms with Gasteiger partial charge in [0.1, 0.15) is 0 Å². The Labute approximate surface area is 382 Å². The van der Waals surface area contributed by atoms with Gasteiger partial charge in [0, 0.05) is 0 Å². The van der Waals surface area contributed by atoms with E-state index in [0.717, 1.165) is 0 Å². The van der Waals surface area contributed by atoms with E-state index in [-0.39, 0.29) is 0 Å². The maximum absolute atomic E-state index is 9.82. The van der Waals surface area contributed by atoms with E-state index in [1.165, 1.54) is 16.7 Å². The third-order valence-electron chi connectivity index (χ3n) is 12.5. The number of hydrogen-bond donors (Lipinski definition) is 0. The van der Waals surface area contributed by atoms with E-state index in [1.54, 1.807) is 62.2 Å². The molecular formula is C48H93ClSi10. The summed E-state index contributed by atoms with van der Waals surface area (Å²) in [6.45, 7) is 79.0. The second-order valence-electron chi connectivity index (χ2n) is 28.0. The topological polar surface area (TPSA) is 0 Å². The molecule has 0 atom stereocenters. The monoisotopic (exact) mass is 984 g/mol. The lowest BCUT2D eigenvalue weighted by atomic mass is 10.2.